The van der Waals surface area contributed by atoms with Crippen LogP contribution in [0.25, 0.3) is 12.2 Å². The van der Waals surface area contributed by atoms with Gasteiger partial charge in [-0.1, -0.05) is 66.7 Å². The summed E-state index contributed by atoms with van der Waals surface area (Å²) < 4.78 is 5.91. The predicted molar refractivity (Wildman–Crippen MR) is 101 cm³/mol. The van der Waals surface area contributed by atoms with Crippen LogP contribution in [-0.4, -0.2) is 16.2 Å². The quantitative estimate of drug-likeness (QED) is 0.627. The fourth-order valence-corrected chi connectivity index (χ4v) is 2.50. The molecule has 0 heterocycles. The fourth-order valence-electron chi connectivity index (χ4n) is 2.50. The van der Waals surface area contributed by atoms with Gasteiger partial charge >= 0.3 is 5.97 Å². The molecule has 0 atom stereocenters. The zero-order valence-corrected chi connectivity index (χ0v) is 14.0. The highest BCUT2D eigenvalue weighted by atomic mass is 16.5. The summed E-state index contributed by atoms with van der Waals surface area (Å²) in [6.07, 6.45) is 3.67. The van der Waals surface area contributed by atoms with E-state index in [1.54, 1.807) is 12.1 Å². The molecule has 0 saturated heterocycles. The third-order valence-electron chi connectivity index (χ3n) is 3.86. The van der Waals surface area contributed by atoms with Gasteiger partial charge in [-0.05, 0) is 29.3 Å². The highest BCUT2D eigenvalue weighted by molar-refractivity contribution is 5.91. The normalized spacial score (nSPS) is 10.8. The van der Waals surface area contributed by atoms with Crippen LogP contribution in [-0.2, 0) is 6.61 Å². The lowest BCUT2D eigenvalue weighted by Gasteiger charge is -2.09. The van der Waals surface area contributed by atoms with E-state index >= 15 is 0 Å². The summed E-state index contributed by atoms with van der Waals surface area (Å²) in [5.74, 6) is -0.662. The second-order valence-electron chi connectivity index (χ2n) is 5.73. The first-order chi connectivity index (χ1) is 12.6. The topological polar surface area (TPSA) is 66.8 Å². The summed E-state index contributed by atoms with van der Waals surface area (Å²) in [4.78, 5) is 11.0. The van der Waals surface area contributed by atoms with Gasteiger partial charge in [-0.25, -0.2) is 4.79 Å². The molecule has 0 bridgehead atoms. The Bertz CT molecular complexity index is 930. The molecule has 0 aliphatic heterocycles. The molecule has 0 aliphatic carbocycles. The van der Waals surface area contributed by atoms with Crippen molar-refractivity contribution in [1.82, 2.24) is 0 Å². The smallest absolute Gasteiger partial charge is 0.339 e. The molecule has 0 amide bonds. The molecule has 0 radical (unpaired) electrons. The number of ether oxygens (including phenoxy) is 1. The zero-order chi connectivity index (χ0) is 18.4. The first-order valence-corrected chi connectivity index (χ1v) is 8.13. The van der Waals surface area contributed by atoms with E-state index in [0.29, 0.717) is 12.2 Å². The molecule has 3 aromatic rings. The van der Waals surface area contributed by atoms with E-state index in [1.807, 2.05) is 60.7 Å². The number of hydrogen-bond donors (Lipinski definition) is 2. The molecule has 2 N–H and O–H groups in total. The van der Waals surface area contributed by atoms with Crippen molar-refractivity contribution in [3.05, 3.63) is 95.1 Å². The van der Waals surface area contributed by atoms with Gasteiger partial charge in [0.2, 0.25) is 0 Å². The van der Waals surface area contributed by atoms with E-state index in [9.17, 15) is 9.90 Å². The molecule has 3 aromatic carbocycles. The van der Waals surface area contributed by atoms with Gasteiger partial charge in [-0.15, -0.1) is 0 Å². The third-order valence-corrected chi connectivity index (χ3v) is 3.86. The molecule has 4 nitrogen and oxygen atoms in total. The Balaban J connectivity index is 1.76. The van der Waals surface area contributed by atoms with Crippen LogP contribution >= 0.6 is 0 Å². The molecule has 3 rings (SSSR count). The minimum absolute atomic E-state index is 0.117. The minimum atomic E-state index is -1.15. The van der Waals surface area contributed by atoms with E-state index in [-0.39, 0.29) is 11.3 Å². The Hall–Kier alpha value is -3.53. The van der Waals surface area contributed by atoms with Gasteiger partial charge in [0, 0.05) is 5.56 Å². The number of aromatic hydroxyl groups is 1. The first-order valence-electron chi connectivity index (χ1n) is 8.13. The van der Waals surface area contributed by atoms with Crippen LogP contribution in [0.15, 0.2) is 72.8 Å². The Morgan fingerprint density at radius 2 is 1.65 bits per heavy atom. The molecule has 4 heteroatoms. The van der Waals surface area contributed by atoms with Gasteiger partial charge in [0.05, 0.1) is 0 Å². The number of carbonyl (C=O) groups is 1. The summed E-state index contributed by atoms with van der Waals surface area (Å²) in [6.45, 7) is 0.472. The number of carboxylic acid groups (broad SMARTS) is 1. The average Bonchev–Trinajstić information content (AvgIpc) is 2.66. The average molecular weight is 346 g/mol. The lowest BCUT2D eigenvalue weighted by Crippen LogP contribution is -1.96. The lowest BCUT2D eigenvalue weighted by molar-refractivity contribution is 0.0693. The number of rotatable bonds is 6. The molecule has 0 spiro atoms. The highest BCUT2D eigenvalue weighted by Gasteiger charge is 2.08. The summed E-state index contributed by atoms with van der Waals surface area (Å²) in [6, 6.07) is 22.0. The molecular formula is C22H18O4. The molecule has 130 valence electrons. The zero-order valence-electron chi connectivity index (χ0n) is 14.0. The highest BCUT2D eigenvalue weighted by Crippen LogP contribution is 2.24. The molecule has 0 unspecified atom stereocenters. The maximum atomic E-state index is 11.0. The van der Waals surface area contributed by atoms with E-state index in [0.717, 1.165) is 16.9 Å². The molecule has 0 saturated carbocycles. The minimum Gasteiger partial charge on any atom is -0.507 e. The molecule has 0 aromatic heterocycles. The Kier molecular flexibility index (Phi) is 5.34. The monoisotopic (exact) mass is 346 g/mol. The summed E-state index contributed by atoms with van der Waals surface area (Å²) in [5, 5.41) is 18.7. The van der Waals surface area contributed by atoms with Crippen LogP contribution in [0.3, 0.4) is 0 Å². The van der Waals surface area contributed by atoms with Crippen LogP contribution in [0.1, 0.15) is 27.0 Å². The number of carboxylic acids is 1. The van der Waals surface area contributed by atoms with E-state index in [2.05, 4.69) is 0 Å². The van der Waals surface area contributed by atoms with Crippen molar-refractivity contribution >= 4 is 18.1 Å². The van der Waals surface area contributed by atoms with Crippen molar-refractivity contribution < 1.29 is 19.7 Å². The van der Waals surface area contributed by atoms with Crippen molar-refractivity contribution in [2.45, 2.75) is 6.61 Å². The van der Waals surface area contributed by atoms with Crippen molar-refractivity contribution in [2.75, 3.05) is 0 Å². The summed E-state index contributed by atoms with van der Waals surface area (Å²) in [7, 11) is 0. The summed E-state index contributed by atoms with van der Waals surface area (Å²) in [5.41, 5.74) is 2.56. The fraction of sp³-hybridized carbons (Fsp3) is 0.0455. The Labute approximate surface area is 151 Å². The summed E-state index contributed by atoms with van der Waals surface area (Å²) >= 11 is 0. The third kappa shape index (κ3) is 4.30. The number of aromatic carboxylic acids is 1. The maximum absolute atomic E-state index is 11.0. The van der Waals surface area contributed by atoms with Gasteiger partial charge in [0.1, 0.15) is 23.7 Å². The lowest BCUT2D eigenvalue weighted by atomic mass is 10.1. The molecule has 0 fully saturated rings. The molecule has 26 heavy (non-hydrogen) atoms. The van der Waals surface area contributed by atoms with Crippen LogP contribution in [0, 0.1) is 0 Å². The van der Waals surface area contributed by atoms with E-state index in [4.69, 9.17) is 9.84 Å². The van der Waals surface area contributed by atoms with Crippen molar-refractivity contribution in [3.8, 4) is 11.5 Å². The van der Waals surface area contributed by atoms with Gasteiger partial charge in [0.25, 0.3) is 0 Å². The van der Waals surface area contributed by atoms with Crippen molar-refractivity contribution in [1.29, 1.82) is 0 Å². The van der Waals surface area contributed by atoms with Crippen LogP contribution in [0.5, 0.6) is 11.5 Å². The van der Waals surface area contributed by atoms with Crippen LogP contribution in [0.2, 0.25) is 0 Å². The molecular weight excluding hydrogens is 328 g/mol. The Morgan fingerprint density at radius 1 is 0.923 bits per heavy atom. The maximum Gasteiger partial charge on any atom is 0.339 e. The number of hydrogen-bond acceptors (Lipinski definition) is 3. The van der Waals surface area contributed by atoms with Crippen molar-refractivity contribution in [3.63, 3.8) is 0 Å². The van der Waals surface area contributed by atoms with E-state index in [1.165, 1.54) is 12.1 Å². The first kappa shape index (κ1) is 17.3. The number of benzene rings is 3. The van der Waals surface area contributed by atoms with Gasteiger partial charge in [0.15, 0.2) is 0 Å². The number of para-hydroxylation sites is 1. The van der Waals surface area contributed by atoms with Crippen LogP contribution in [0.4, 0.5) is 0 Å². The second kappa shape index (κ2) is 8.03. The molecule has 0 aliphatic rings. The van der Waals surface area contributed by atoms with Crippen LogP contribution < -0.4 is 4.74 Å². The largest absolute Gasteiger partial charge is 0.507 e. The van der Waals surface area contributed by atoms with Gasteiger partial charge in [-0.2, -0.15) is 0 Å². The number of phenols is 1. The SMILES string of the molecule is O=C(O)c1ccc(/C=C\c2ccccc2OCc2ccccc2)cc1O. The van der Waals surface area contributed by atoms with Gasteiger partial charge < -0.3 is 14.9 Å². The Morgan fingerprint density at radius 3 is 2.38 bits per heavy atom. The van der Waals surface area contributed by atoms with Crippen molar-refractivity contribution in [2.24, 2.45) is 0 Å². The second-order valence-corrected chi connectivity index (χ2v) is 5.73. The standard InChI is InChI=1S/C22H18O4/c23-20-14-16(11-13-19(20)22(24)25)10-12-18-8-4-5-9-21(18)26-15-17-6-2-1-3-7-17/h1-14,23H,15H2,(H,24,25)/b12-10-. The predicted octanol–water partition coefficient (Wildman–Crippen LogP) is 4.84. The van der Waals surface area contributed by atoms with Gasteiger partial charge in [-0.3, -0.25) is 0 Å². The van der Waals surface area contributed by atoms with E-state index < -0.39 is 5.97 Å².